The van der Waals surface area contributed by atoms with E-state index in [9.17, 15) is 18.4 Å². The zero-order chi connectivity index (χ0) is 16.1. The maximum Gasteiger partial charge on any atom is 0.314 e. The fraction of sp³-hybridized carbons (Fsp3) is 0.467. The van der Waals surface area contributed by atoms with Crippen molar-refractivity contribution in [3.63, 3.8) is 0 Å². The van der Waals surface area contributed by atoms with Crippen LogP contribution >= 0.6 is 0 Å². The third-order valence-electron chi connectivity index (χ3n) is 3.75. The number of hydrogen-bond acceptors (Lipinski definition) is 3. The van der Waals surface area contributed by atoms with Crippen molar-refractivity contribution in [2.45, 2.75) is 31.7 Å². The second-order valence-corrected chi connectivity index (χ2v) is 5.21. The molecule has 1 aliphatic heterocycles. The molecule has 1 aliphatic rings. The first-order valence-electron chi connectivity index (χ1n) is 7.21. The van der Waals surface area contributed by atoms with Gasteiger partial charge in [-0.25, -0.2) is 8.78 Å². The predicted octanol–water partition coefficient (Wildman–Crippen LogP) is 1.67. The summed E-state index contributed by atoms with van der Waals surface area (Å²) in [6.45, 7) is 0.314. The van der Waals surface area contributed by atoms with E-state index in [1.165, 1.54) is 11.0 Å². The van der Waals surface area contributed by atoms with Gasteiger partial charge in [0.05, 0.1) is 0 Å². The number of amides is 2. The molecule has 2 amide bonds. The van der Waals surface area contributed by atoms with Gasteiger partial charge in [-0.15, -0.1) is 0 Å². The van der Waals surface area contributed by atoms with Crippen LogP contribution in [0.3, 0.4) is 0 Å². The molecular formula is C15H18F2N2O3. The summed E-state index contributed by atoms with van der Waals surface area (Å²) in [6, 6.07) is 2.95. The van der Waals surface area contributed by atoms with E-state index >= 15 is 0 Å². The van der Waals surface area contributed by atoms with Crippen LogP contribution in [0.2, 0.25) is 0 Å². The number of piperidine rings is 1. The molecule has 5 nitrogen and oxygen atoms in total. The number of anilines is 1. The van der Waals surface area contributed by atoms with Gasteiger partial charge in [0.1, 0.15) is 17.3 Å². The third kappa shape index (κ3) is 3.59. The molecule has 0 radical (unpaired) electrons. The molecule has 1 heterocycles. The van der Waals surface area contributed by atoms with E-state index in [4.69, 9.17) is 5.11 Å². The van der Waals surface area contributed by atoms with E-state index in [0.717, 1.165) is 25.0 Å². The Morgan fingerprint density at radius 2 is 1.95 bits per heavy atom. The van der Waals surface area contributed by atoms with Crippen LogP contribution in [0, 0.1) is 11.6 Å². The van der Waals surface area contributed by atoms with Crippen LogP contribution in [0.5, 0.6) is 0 Å². The van der Waals surface area contributed by atoms with E-state index < -0.39 is 29.1 Å². The Bertz CT molecular complexity index is 543. The zero-order valence-corrected chi connectivity index (χ0v) is 12.0. The Balaban J connectivity index is 2.09. The Hall–Kier alpha value is -2.02. The lowest BCUT2D eigenvalue weighted by atomic mass is 9.99. The average molecular weight is 312 g/mol. The van der Waals surface area contributed by atoms with Gasteiger partial charge in [0.25, 0.3) is 0 Å². The summed E-state index contributed by atoms with van der Waals surface area (Å²) in [5.74, 6) is -3.78. The van der Waals surface area contributed by atoms with E-state index in [2.05, 4.69) is 0 Å². The Morgan fingerprint density at radius 3 is 2.59 bits per heavy atom. The molecule has 120 valence electrons. The SMILES string of the molecule is O=C(Nc1c(F)cccc1F)C(=O)N1CCCCC1CCO. The predicted molar refractivity (Wildman–Crippen MR) is 76.0 cm³/mol. The van der Waals surface area contributed by atoms with Gasteiger partial charge in [-0.05, 0) is 37.8 Å². The summed E-state index contributed by atoms with van der Waals surface area (Å²) in [5, 5.41) is 11.0. The fourth-order valence-electron chi connectivity index (χ4n) is 2.63. The smallest absolute Gasteiger partial charge is 0.314 e. The first kappa shape index (κ1) is 16.4. The number of likely N-dealkylation sites (tertiary alicyclic amines) is 1. The second-order valence-electron chi connectivity index (χ2n) is 5.21. The normalized spacial score (nSPS) is 18.1. The molecule has 1 saturated heterocycles. The van der Waals surface area contributed by atoms with Crippen molar-refractivity contribution in [3.05, 3.63) is 29.8 Å². The van der Waals surface area contributed by atoms with Crippen molar-refractivity contribution in [2.75, 3.05) is 18.5 Å². The lowest BCUT2D eigenvalue weighted by Crippen LogP contribution is -2.48. The summed E-state index contributed by atoms with van der Waals surface area (Å²) < 4.78 is 27.0. The molecule has 1 aromatic carbocycles. The molecule has 0 bridgehead atoms. The largest absolute Gasteiger partial charge is 0.396 e. The monoisotopic (exact) mass is 312 g/mol. The molecule has 2 rings (SSSR count). The molecule has 7 heteroatoms. The lowest BCUT2D eigenvalue weighted by Gasteiger charge is -2.35. The van der Waals surface area contributed by atoms with E-state index in [-0.39, 0.29) is 12.6 Å². The van der Waals surface area contributed by atoms with Crippen LogP contribution in [-0.2, 0) is 9.59 Å². The van der Waals surface area contributed by atoms with Gasteiger partial charge in [-0.3, -0.25) is 9.59 Å². The summed E-state index contributed by atoms with van der Waals surface area (Å²) in [5.41, 5.74) is -0.628. The van der Waals surface area contributed by atoms with E-state index in [0.29, 0.717) is 19.4 Å². The number of nitrogens with one attached hydrogen (secondary N) is 1. The highest BCUT2D eigenvalue weighted by Crippen LogP contribution is 2.21. The number of nitrogens with zero attached hydrogens (tertiary/aromatic N) is 1. The first-order chi connectivity index (χ1) is 10.5. The highest BCUT2D eigenvalue weighted by molar-refractivity contribution is 6.39. The molecule has 22 heavy (non-hydrogen) atoms. The number of aliphatic hydroxyl groups is 1. The van der Waals surface area contributed by atoms with Crippen molar-refractivity contribution < 1.29 is 23.5 Å². The quantitative estimate of drug-likeness (QED) is 0.834. The summed E-state index contributed by atoms with van der Waals surface area (Å²) >= 11 is 0. The van der Waals surface area contributed by atoms with Gasteiger partial charge < -0.3 is 15.3 Å². The fourth-order valence-corrected chi connectivity index (χ4v) is 2.63. The highest BCUT2D eigenvalue weighted by atomic mass is 19.1. The van der Waals surface area contributed by atoms with Gasteiger partial charge in [-0.2, -0.15) is 0 Å². The maximum absolute atomic E-state index is 13.5. The first-order valence-corrected chi connectivity index (χ1v) is 7.21. The molecule has 0 aliphatic carbocycles. The highest BCUT2D eigenvalue weighted by Gasteiger charge is 2.31. The number of halogens is 2. The van der Waals surface area contributed by atoms with Gasteiger partial charge in [0, 0.05) is 19.2 Å². The molecule has 0 saturated carbocycles. The van der Waals surface area contributed by atoms with Crippen LogP contribution in [0.4, 0.5) is 14.5 Å². The van der Waals surface area contributed by atoms with E-state index in [1.807, 2.05) is 5.32 Å². The molecule has 1 fully saturated rings. The van der Waals surface area contributed by atoms with E-state index in [1.54, 1.807) is 0 Å². The Labute approximate surface area is 126 Å². The summed E-state index contributed by atoms with van der Waals surface area (Å²) in [6.07, 6.45) is 2.76. The number of benzene rings is 1. The summed E-state index contributed by atoms with van der Waals surface area (Å²) in [7, 11) is 0. The Kier molecular flexibility index (Phi) is 5.43. The number of rotatable bonds is 3. The minimum Gasteiger partial charge on any atom is -0.396 e. The van der Waals surface area contributed by atoms with Crippen LogP contribution in [0.1, 0.15) is 25.7 Å². The molecule has 0 aromatic heterocycles. The molecule has 1 aromatic rings. The molecular weight excluding hydrogens is 294 g/mol. The van der Waals surface area contributed by atoms with Crippen LogP contribution in [-0.4, -0.2) is 41.0 Å². The number of hydrogen-bond donors (Lipinski definition) is 2. The average Bonchev–Trinajstić information content (AvgIpc) is 2.51. The second kappa shape index (κ2) is 7.31. The molecule has 1 atom stereocenters. The van der Waals surface area contributed by atoms with Crippen molar-refractivity contribution in [3.8, 4) is 0 Å². The number of carbonyl (C=O) groups excluding carboxylic acids is 2. The third-order valence-corrected chi connectivity index (χ3v) is 3.75. The summed E-state index contributed by atoms with van der Waals surface area (Å²) in [4.78, 5) is 25.5. The minimum atomic E-state index is -1.08. The van der Waals surface area contributed by atoms with Crippen molar-refractivity contribution in [1.29, 1.82) is 0 Å². The number of carbonyl (C=O) groups is 2. The lowest BCUT2D eigenvalue weighted by molar-refractivity contribution is -0.146. The number of aliphatic hydroxyl groups excluding tert-OH is 1. The van der Waals surface area contributed by atoms with Crippen molar-refractivity contribution in [1.82, 2.24) is 4.90 Å². The maximum atomic E-state index is 13.5. The zero-order valence-electron chi connectivity index (χ0n) is 12.0. The van der Waals surface area contributed by atoms with Crippen molar-refractivity contribution >= 4 is 17.5 Å². The minimum absolute atomic E-state index is 0.0853. The molecule has 1 unspecified atom stereocenters. The number of para-hydroxylation sites is 1. The van der Waals surface area contributed by atoms with Gasteiger partial charge >= 0.3 is 11.8 Å². The van der Waals surface area contributed by atoms with Gasteiger partial charge in [0.15, 0.2) is 0 Å². The Morgan fingerprint density at radius 1 is 1.27 bits per heavy atom. The topological polar surface area (TPSA) is 69.6 Å². The van der Waals surface area contributed by atoms with Crippen molar-refractivity contribution in [2.24, 2.45) is 0 Å². The van der Waals surface area contributed by atoms with Gasteiger partial charge in [0.2, 0.25) is 0 Å². The molecule has 0 spiro atoms. The van der Waals surface area contributed by atoms with Crippen LogP contribution in [0.15, 0.2) is 18.2 Å². The van der Waals surface area contributed by atoms with Gasteiger partial charge in [-0.1, -0.05) is 6.07 Å². The van der Waals surface area contributed by atoms with Crippen LogP contribution < -0.4 is 5.32 Å². The molecule has 2 N–H and O–H groups in total. The standard InChI is InChI=1S/C15H18F2N2O3/c16-11-5-3-6-12(17)13(11)18-14(21)15(22)19-8-2-1-4-10(19)7-9-20/h3,5-6,10,20H,1-2,4,7-9H2,(H,18,21). The van der Waals surface area contributed by atoms with Crippen LogP contribution in [0.25, 0.3) is 0 Å².